The standard InChI is InChI=1S/C28H25N5OS/c1-19-8-14-24-27(32-19)30-18-31-28(24)33-25-16-21(29-17-20-6-4-3-5-7-20)9-15-26(25)35-23-12-10-22(34-2)11-13-23/h3-16,18,29H,17H2,1-2H3,(H,30,31,32,33). The lowest BCUT2D eigenvalue weighted by Gasteiger charge is -2.15. The molecular formula is C28H25N5OS. The Bertz CT molecular complexity index is 1440. The normalized spacial score (nSPS) is 10.8. The number of pyridine rings is 1. The van der Waals surface area contributed by atoms with Crippen LogP contribution in [0.15, 0.2) is 101 Å². The fraction of sp³-hybridized carbons (Fsp3) is 0.107. The number of methoxy groups -OCH3 is 1. The number of hydrogen-bond acceptors (Lipinski definition) is 7. The number of hydrogen-bond donors (Lipinski definition) is 2. The summed E-state index contributed by atoms with van der Waals surface area (Å²) >= 11 is 1.68. The summed E-state index contributed by atoms with van der Waals surface area (Å²) in [5, 5.41) is 7.94. The first-order chi connectivity index (χ1) is 17.2. The van der Waals surface area contributed by atoms with Gasteiger partial charge >= 0.3 is 0 Å². The second-order valence-corrected chi connectivity index (χ2v) is 9.11. The summed E-state index contributed by atoms with van der Waals surface area (Å²) in [4.78, 5) is 15.6. The molecule has 0 saturated heterocycles. The summed E-state index contributed by atoms with van der Waals surface area (Å²) < 4.78 is 5.30. The van der Waals surface area contributed by atoms with Crippen LogP contribution in [0.25, 0.3) is 11.0 Å². The Kier molecular flexibility index (Phi) is 6.77. The minimum atomic E-state index is 0.671. The van der Waals surface area contributed by atoms with Crippen molar-refractivity contribution in [3.8, 4) is 5.75 Å². The maximum atomic E-state index is 5.30. The summed E-state index contributed by atoms with van der Waals surface area (Å²) in [7, 11) is 1.67. The lowest BCUT2D eigenvalue weighted by molar-refractivity contribution is 0.414. The van der Waals surface area contributed by atoms with Gasteiger partial charge in [-0.05, 0) is 67.1 Å². The van der Waals surface area contributed by atoms with Crippen LogP contribution in [0.2, 0.25) is 0 Å². The second kappa shape index (κ2) is 10.4. The average Bonchev–Trinajstić information content (AvgIpc) is 2.90. The molecule has 2 heterocycles. The summed E-state index contributed by atoms with van der Waals surface area (Å²) in [6.45, 7) is 2.70. The molecule has 2 aromatic heterocycles. The fourth-order valence-corrected chi connectivity index (χ4v) is 4.54. The maximum absolute atomic E-state index is 5.30. The number of aromatic nitrogens is 3. The van der Waals surface area contributed by atoms with E-state index < -0.39 is 0 Å². The zero-order chi connectivity index (χ0) is 24.0. The van der Waals surface area contributed by atoms with Crippen molar-refractivity contribution in [2.24, 2.45) is 0 Å². The van der Waals surface area contributed by atoms with E-state index in [2.05, 4.69) is 80.2 Å². The third-order valence-electron chi connectivity index (χ3n) is 5.50. The summed E-state index contributed by atoms with van der Waals surface area (Å²) in [6.07, 6.45) is 1.55. The van der Waals surface area contributed by atoms with Gasteiger partial charge in [-0.25, -0.2) is 15.0 Å². The van der Waals surface area contributed by atoms with Crippen LogP contribution >= 0.6 is 11.8 Å². The van der Waals surface area contributed by atoms with Crippen LogP contribution < -0.4 is 15.4 Å². The molecule has 7 heteroatoms. The molecule has 0 fully saturated rings. The van der Waals surface area contributed by atoms with Crippen molar-refractivity contribution in [3.05, 3.63) is 103 Å². The molecule has 5 rings (SSSR count). The summed E-state index contributed by atoms with van der Waals surface area (Å²) in [5.41, 5.74) is 4.78. The van der Waals surface area contributed by atoms with E-state index in [0.717, 1.165) is 50.4 Å². The van der Waals surface area contributed by atoms with Crippen molar-refractivity contribution in [1.82, 2.24) is 15.0 Å². The van der Waals surface area contributed by atoms with Crippen LogP contribution in [-0.2, 0) is 6.54 Å². The molecular weight excluding hydrogens is 454 g/mol. The van der Waals surface area contributed by atoms with Crippen LogP contribution in [0.4, 0.5) is 17.2 Å². The van der Waals surface area contributed by atoms with E-state index in [-0.39, 0.29) is 0 Å². The number of anilines is 3. The van der Waals surface area contributed by atoms with Crippen molar-refractivity contribution in [3.63, 3.8) is 0 Å². The fourth-order valence-electron chi connectivity index (χ4n) is 3.66. The highest BCUT2D eigenvalue weighted by molar-refractivity contribution is 7.99. The van der Waals surface area contributed by atoms with Crippen LogP contribution in [-0.4, -0.2) is 22.1 Å². The molecule has 0 amide bonds. The number of benzene rings is 3. The number of rotatable bonds is 8. The van der Waals surface area contributed by atoms with Gasteiger partial charge in [-0.3, -0.25) is 0 Å². The molecule has 0 bridgehead atoms. The van der Waals surface area contributed by atoms with Gasteiger partial charge in [0.1, 0.15) is 17.9 Å². The van der Waals surface area contributed by atoms with Crippen LogP contribution in [0.5, 0.6) is 5.75 Å². The van der Waals surface area contributed by atoms with Crippen molar-refractivity contribution in [2.75, 3.05) is 17.7 Å². The molecule has 0 spiro atoms. The highest BCUT2D eigenvalue weighted by atomic mass is 32.2. The third-order valence-corrected chi connectivity index (χ3v) is 6.58. The molecule has 0 atom stereocenters. The van der Waals surface area contributed by atoms with Crippen LogP contribution in [0, 0.1) is 6.92 Å². The average molecular weight is 480 g/mol. The van der Waals surface area contributed by atoms with E-state index in [4.69, 9.17) is 4.74 Å². The second-order valence-electron chi connectivity index (χ2n) is 8.00. The van der Waals surface area contributed by atoms with Gasteiger partial charge in [0.05, 0.1) is 18.2 Å². The van der Waals surface area contributed by atoms with Crippen molar-refractivity contribution < 1.29 is 4.74 Å². The Morgan fingerprint density at radius 2 is 1.71 bits per heavy atom. The molecule has 0 unspecified atom stereocenters. The Balaban J connectivity index is 1.47. The first-order valence-corrected chi connectivity index (χ1v) is 12.1. The van der Waals surface area contributed by atoms with E-state index in [1.165, 1.54) is 5.56 Å². The Labute approximate surface area is 208 Å². The molecule has 6 nitrogen and oxygen atoms in total. The lowest BCUT2D eigenvalue weighted by atomic mass is 10.2. The van der Waals surface area contributed by atoms with E-state index >= 15 is 0 Å². The highest BCUT2D eigenvalue weighted by Crippen LogP contribution is 2.38. The van der Waals surface area contributed by atoms with Gasteiger partial charge in [0.2, 0.25) is 0 Å². The van der Waals surface area contributed by atoms with Crippen molar-refractivity contribution in [2.45, 2.75) is 23.3 Å². The van der Waals surface area contributed by atoms with E-state index in [9.17, 15) is 0 Å². The molecule has 0 radical (unpaired) electrons. The predicted octanol–water partition coefficient (Wildman–Crippen LogP) is 6.85. The van der Waals surface area contributed by atoms with Gasteiger partial charge in [-0.1, -0.05) is 42.1 Å². The smallest absolute Gasteiger partial charge is 0.164 e. The monoisotopic (exact) mass is 479 g/mol. The molecule has 35 heavy (non-hydrogen) atoms. The SMILES string of the molecule is COc1ccc(Sc2ccc(NCc3ccccc3)cc2Nc2ncnc3nc(C)ccc23)cc1. The Morgan fingerprint density at radius 3 is 2.51 bits per heavy atom. The van der Waals surface area contributed by atoms with Crippen molar-refractivity contribution >= 4 is 40.0 Å². The number of fused-ring (bicyclic) bond motifs is 1. The molecule has 5 aromatic rings. The van der Waals surface area contributed by atoms with Gasteiger partial charge in [0, 0.05) is 27.7 Å². The number of aryl methyl sites for hydroxylation is 1. The quantitative estimate of drug-likeness (QED) is 0.252. The molecule has 3 aromatic carbocycles. The zero-order valence-electron chi connectivity index (χ0n) is 19.5. The molecule has 174 valence electrons. The van der Waals surface area contributed by atoms with E-state index in [1.807, 2.05) is 37.3 Å². The van der Waals surface area contributed by atoms with E-state index in [0.29, 0.717) is 5.65 Å². The third kappa shape index (κ3) is 5.53. The van der Waals surface area contributed by atoms with Gasteiger partial charge in [-0.2, -0.15) is 0 Å². The summed E-state index contributed by atoms with van der Waals surface area (Å²) in [6, 6.07) is 28.7. The Hall–Kier alpha value is -4.10. The topological polar surface area (TPSA) is 72.0 Å². The molecule has 0 aliphatic rings. The van der Waals surface area contributed by atoms with Crippen LogP contribution in [0.1, 0.15) is 11.3 Å². The number of nitrogens with zero attached hydrogens (tertiary/aromatic N) is 3. The lowest BCUT2D eigenvalue weighted by Crippen LogP contribution is -2.02. The molecule has 0 saturated carbocycles. The molecule has 0 aliphatic heterocycles. The minimum absolute atomic E-state index is 0.671. The number of ether oxygens (including phenoxy) is 1. The van der Waals surface area contributed by atoms with Gasteiger partial charge in [-0.15, -0.1) is 0 Å². The highest BCUT2D eigenvalue weighted by Gasteiger charge is 2.11. The summed E-state index contributed by atoms with van der Waals surface area (Å²) in [5.74, 6) is 1.56. The van der Waals surface area contributed by atoms with E-state index in [1.54, 1.807) is 25.2 Å². The first kappa shape index (κ1) is 22.7. The molecule has 0 aliphatic carbocycles. The van der Waals surface area contributed by atoms with Gasteiger partial charge in [0.25, 0.3) is 0 Å². The minimum Gasteiger partial charge on any atom is -0.497 e. The largest absolute Gasteiger partial charge is 0.497 e. The zero-order valence-corrected chi connectivity index (χ0v) is 20.3. The van der Waals surface area contributed by atoms with Crippen LogP contribution in [0.3, 0.4) is 0 Å². The number of nitrogens with one attached hydrogen (secondary N) is 2. The molecule has 2 N–H and O–H groups in total. The predicted molar refractivity (Wildman–Crippen MR) is 143 cm³/mol. The maximum Gasteiger partial charge on any atom is 0.164 e. The van der Waals surface area contributed by atoms with Gasteiger partial charge in [0.15, 0.2) is 5.65 Å². The first-order valence-electron chi connectivity index (χ1n) is 11.3. The Morgan fingerprint density at radius 1 is 0.886 bits per heavy atom. The van der Waals surface area contributed by atoms with Crippen molar-refractivity contribution in [1.29, 1.82) is 0 Å². The van der Waals surface area contributed by atoms with Gasteiger partial charge < -0.3 is 15.4 Å².